The summed E-state index contributed by atoms with van der Waals surface area (Å²) in [6, 6.07) is 71.5. The minimum absolute atomic E-state index is 1.20. The first-order valence-corrected chi connectivity index (χ1v) is 18.7. The van der Waals surface area contributed by atoms with E-state index >= 15 is 0 Å². The standard InChI is InChI=1S/C52H32N2/c1-5-19-37-33(15-1)31-34-16-2-6-20-38(34)51(37)53-45-27-11-9-23-43(45)49-41(25-13-29-47(49)53)42-26-14-30-48-50(42)44-24-10-12-28-46(44)54(48)52-39-21-7-3-17-35(39)32-36-18-4-8-22-40(36)52/h1-32H. The van der Waals surface area contributed by atoms with Gasteiger partial charge in [-0.2, -0.15) is 0 Å². The Morgan fingerprint density at radius 1 is 0.241 bits per heavy atom. The van der Waals surface area contributed by atoms with Crippen molar-refractivity contribution in [2.24, 2.45) is 0 Å². The molecule has 10 aromatic carbocycles. The van der Waals surface area contributed by atoms with Crippen LogP contribution < -0.4 is 0 Å². The van der Waals surface area contributed by atoms with Gasteiger partial charge in [0.25, 0.3) is 0 Å². The lowest BCUT2D eigenvalue weighted by Crippen LogP contribution is -1.97. The number of para-hydroxylation sites is 2. The van der Waals surface area contributed by atoms with Gasteiger partial charge in [0.15, 0.2) is 0 Å². The number of hydrogen-bond acceptors (Lipinski definition) is 0. The van der Waals surface area contributed by atoms with Crippen LogP contribution in [0.1, 0.15) is 0 Å². The van der Waals surface area contributed by atoms with Gasteiger partial charge >= 0.3 is 0 Å². The first-order chi connectivity index (χ1) is 26.8. The molecule has 0 amide bonds. The van der Waals surface area contributed by atoms with Crippen LogP contribution in [0.2, 0.25) is 0 Å². The topological polar surface area (TPSA) is 9.86 Å². The summed E-state index contributed by atoms with van der Waals surface area (Å²) in [6.07, 6.45) is 0. The van der Waals surface area contributed by atoms with Crippen LogP contribution in [-0.4, -0.2) is 9.13 Å². The zero-order chi connectivity index (χ0) is 35.3. The van der Waals surface area contributed by atoms with Crippen molar-refractivity contribution in [2.75, 3.05) is 0 Å². The molecule has 2 heterocycles. The van der Waals surface area contributed by atoms with E-state index in [-0.39, 0.29) is 0 Å². The second-order valence-electron chi connectivity index (χ2n) is 14.4. The Bertz CT molecular complexity index is 3160. The molecule has 12 rings (SSSR count). The molecule has 0 N–H and O–H groups in total. The average Bonchev–Trinajstić information content (AvgIpc) is 3.75. The fourth-order valence-electron chi connectivity index (χ4n) is 9.43. The van der Waals surface area contributed by atoms with Crippen molar-refractivity contribution in [3.8, 4) is 22.5 Å². The van der Waals surface area contributed by atoms with Crippen LogP contribution in [0, 0.1) is 0 Å². The number of nitrogens with zero attached hydrogens (tertiary/aromatic N) is 2. The molecule has 250 valence electrons. The monoisotopic (exact) mass is 684 g/mol. The van der Waals surface area contributed by atoms with E-state index in [9.17, 15) is 0 Å². The molecule has 0 saturated heterocycles. The maximum atomic E-state index is 2.52. The zero-order valence-corrected chi connectivity index (χ0v) is 29.4. The molecular formula is C52H32N2. The van der Waals surface area contributed by atoms with Gasteiger partial charge in [-0.3, -0.25) is 0 Å². The van der Waals surface area contributed by atoms with Crippen LogP contribution in [0.15, 0.2) is 194 Å². The normalized spacial score (nSPS) is 12.1. The predicted octanol–water partition coefficient (Wildman–Crippen LogP) is 14.2. The molecule has 54 heavy (non-hydrogen) atoms. The first-order valence-electron chi connectivity index (χ1n) is 18.7. The quantitative estimate of drug-likeness (QED) is 0.164. The highest BCUT2D eigenvalue weighted by Gasteiger charge is 2.23. The van der Waals surface area contributed by atoms with Gasteiger partial charge in [0.1, 0.15) is 0 Å². The van der Waals surface area contributed by atoms with E-state index in [0.717, 1.165) is 0 Å². The number of hydrogen-bond donors (Lipinski definition) is 0. The van der Waals surface area contributed by atoms with E-state index in [0.29, 0.717) is 0 Å². The molecule has 0 saturated carbocycles. The molecule has 0 aliphatic rings. The van der Waals surface area contributed by atoms with E-state index in [1.165, 1.54) is 109 Å². The van der Waals surface area contributed by atoms with Crippen LogP contribution in [0.25, 0.3) is 109 Å². The van der Waals surface area contributed by atoms with Crippen LogP contribution in [-0.2, 0) is 0 Å². The molecule has 0 aliphatic carbocycles. The molecule has 0 unspecified atom stereocenters. The van der Waals surface area contributed by atoms with Crippen LogP contribution in [0.4, 0.5) is 0 Å². The first kappa shape index (κ1) is 29.4. The molecule has 0 atom stereocenters. The summed E-state index contributed by atoms with van der Waals surface area (Å²) in [4.78, 5) is 0. The number of benzene rings is 10. The third kappa shape index (κ3) is 4.00. The van der Waals surface area contributed by atoms with Gasteiger partial charge in [-0.1, -0.05) is 158 Å². The van der Waals surface area contributed by atoms with E-state index < -0.39 is 0 Å². The van der Waals surface area contributed by atoms with Crippen molar-refractivity contribution in [2.45, 2.75) is 0 Å². The summed E-state index contributed by atoms with van der Waals surface area (Å²) in [7, 11) is 0. The van der Waals surface area contributed by atoms with Crippen molar-refractivity contribution < 1.29 is 0 Å². The average molecular weight is 685 g/mol. The Morgan fingerprint density at radius 3 is 0.907 bits per heavy atom. The van der Waals surface area contributed by atoms with Crippen molar-refractivity contribution in [3.63, 3.8) is 0 Å². The summed E-state index contributed by atoms with van der Waals surface area (Å²) >= 11 is 0. The lowest BCUT2D eigenvalue weighted by Gasteiger charge is -2.16. The summed E-state index contributed by atoms with van der Waals surface area (Å²) in [6.45, 7) is 0. The highest BCUT2D eigenvalue weighted by Crippen LogP contribution is 2.46. The predicted molar refractivity (Wildman–Crippen MR) is 231 cm³/mol. The second kappa shape index (κ2) is 11.2. The number of rotatable bonds is 3. The molecule has 12 aromatic rings. The van der Waals surface area contributed by atoms with Gasteiger partial charge in [-0.25, -0.2) is 0 Å². The molecule has 2 aromatic heterocycles. The number of aromatic nitrogens is 2. The van der Waals surface area contributed by atoms with Gasteiger partial charge in [0.2, 0.25) is 0 Å². The Balaban J connectivity index is 1.23. The maximum absolute atomic E-state index is 2.52. The van der Waals surface area contributed by atoms with Crippen LogP contribution in [0.5, 0.6) is 0 Å². The minimum Gasteiger partial charge on any atom is -0.308 e. The lowest BCUT2D eigenvalue weighted by atomic mass is 9.95. The summed E-state index contributed by atoms with van der Waals surface area (Å²) in [5, 5.41) is 15.0. The summed E-state index contributed by atoms with van der Waals surface area (Å²) in [5.41, 5.74) is 9.75. The molecule has 0 radical (unpaired) electrons. The fourth-order valence-corrected chi connectivity index (χ4v) is 9.43. The molecule has 0 spiro atoms. The van der Waals surface area contributed by atoms with E-state index in [1.807, 2.05) is 0 Å². The largest absolute Gasteiger partial charge is 0.308 e. The van der Waals surface area contributed by atoms with Crippen molar-refractivity contribution in [1.29, 1.82) is 0 Å². The van der Waals surface area contributed by atoms with Gasteiger partial charge in [-0.05, 0) is 69.1 Å². The summed E-state index contributed by atoms with van der Waals surface area (Å²) < 4.78 is 5.04. The van der Waals surface area contributed by atoms with Gasteiger partial charge < -0.3 is 9.13 Å². The van der Waals surface area contributed by atoms with E-state index in [2.05, 4.69) is 203 Å². The molecular weight excluding hydrogens is 653 g/mol. The Kier molecular flexibility index (Phi) is 6.09. The van der Waals surface area contributed by atoms with Crippen LogP contribution >= 0.6 is 0 Å². The van der Waals surface area contributed by atoms with Crippen LogP contribution in [0.3, 0.4) is 0 Å². The highest BCUT2D eigenvalue weighted by molar-refractivity contribution is 6.24. The van der Waals surface area contributed by atoms with E-state index in [4.69, 9.17) is 0 Å². The molecule has 0 aliphatic heterocycles. The third-order valence-corrected chi connectivity index (χ3v) is 11.6. The van der Waals surface area contributed by atoms with Gasteiger partial charge in [0.05, 0.1) is 33.4 Å². The maximum Gasteiger partial charge on any atom is 0.0618 e. The van der Waals surface area contributed by atoms with Crippen molar-refractivity contribution in [1.82, 2.24) is 9.13 Å². The Hall–Kier alpha value is -7.16. The Morgan fingerprint density at radius 2 is 0.537 bits per heavy atom. The minimum atomic E-state index is 1.20. The Labute approximate surface area is 311 Å². The smallest absolute Gasteiger partial charge is 0.0618 e. The summed E-state index contributed by atoms with van der Waals surface area (Å²) in [5.74, 6) is 0. The van der Waals surface area contributed by atoms with E-state index in [1.54, 1.807) is 0 Å². The lowest BCUT2D eigenvalue weighted by molar-refractivity contribution is 1.21. The molecule has 0 fully saturated rings. The van der Waals surface area contributed by atoms with Crippen molar-refractivity contribution in [3.05, 3.63) is 194 Å². The van der Waals surface area contributed by atoms with Gasteiger partial charge in [0, 0.05) is 43.1 Å². The SMILES string of the molecule is c1ccc2c(-n3c4ccccc4c4c(-c5cccc6c5c5ccccc5n6-c5c6ccccc6cc6ccccc56)cccc43)c3ccccc3cc2c1. The number of fused-ring (bicyclic) bond motifs is 10. The molecule has 2 heteroatoms. The molecule has 2 nitrogen and oxygen atoms in total. The zero-order valence-electron chi connectivity index (χ0n) is 29.4. The van der Waals surface area contributed by atoms with Crippen molar-refractivity contribution >= 4 is 86.7 Å². The third-order valence-electron chi connectivity index (χ3n) is 11.6. The molecule has 0 bridgehead atoms. The highest BCUT2D eigenvalue weighted by atomic mass is 15.0. The van der Waals surface area contributed by atoms with Gasteiger partial charge in [-0.15, -0.1) is 0 Å². The second-order valence-corrected chi connectivity index (χ2v) is 14.4. The fraction of sp³-hybridized carbons (Fsp3) is 0.